The van der Waals surface area contributed by atoms with Crippen molar-refractivity contribution in [3.05, 3.63) is 48.5 Å². The van der Waals surface area contributed by atoms with E-state index in [9.17, 15) is 9.90 Å². The fourth-order valence-electron chi connectivity index (χ4n) is 2.71. The lowest BCUT2D eigenvalue weighted by Crippen LogP contribution is -2.50. The SMILES string of the molecule is COc1ccc(NC(=O)N2CCN(c3ccc(O)cc3)CC2)cc1. The Kier molecular flexibility index (Phi) is 4.74. The van der Waals surface area contributed by atoms with Crippen LogP contribution in [0.3, 0.4) is 0 Å². The zero-order chi connectivity index (χ0) is 16.9. The molecule has 0 radical (unpaired) electrons. The summed E-state index contributed by atoms with van der Waals surface area (Å²) in [6, 6.07) is 14.3. The van der Waals surface area contributed by atoms with Crippen molar-refractivity contribution in [2.75, 3.05) is 43.5 Å². The molecular formula is C18H21N3O3. The number of benzene rings is 2. The van der Waals surface area contributed by atoms with Crippen LogP contribution in [-0.4, -0.2) is 49.3 Å². The van der Waals surface area contributed by atoms with Crippen LogP contribution in [0.1, 0.15) is 0 Å². The van der Waals surface area contributed by atoms with Crippen LogP contribution in [0.15, 0.2) is 48.5 Å². The van der Waals surface area contributed by atoms with Gasteiger partial charge in [0.15, 0.2) is 0 Å². The normalized spacial score (nSPS) is 14.4. The number of phenols is 1. The van der Waals surface area contributed by atoms with Gasteiger partial charge in [-0.3, -0.25) is 0 Å². The van der Waals surface area contributed by atoms with Gasteiger partial charge in [-0.15, -0.1) is 0 Å². The van der Waals surface area contributed by atoms with E-state index in [0.717, 1.165) is 30.2 Å². The molecule has 1 heterocycles. The summed E-state index contributed by atoms with van der Waals surface area (Å²) in [5.74, 6) is 1.02. The van der Waals surface area contributed by atoms with Crippen LogP contribution in [0.4, 0.5) is 16.2 Å². The average molecular weight is 327 g/mol. The molecule has 2 N–H and O–H groups in total. The summed E-state index contributed by atoms with van der Waals surface area (Å²) < 4.78 is 5.11. The predicted molar refractivity (Wildman–Crippen MR) is 93.9 cm³/mol. The van der Waals surface area contributed by atoms with Gasteiger partial charge in [-0.1, -0.05) is 0 Å². The summed E-state index contributed by atoms with van der Waals surface area (Å²) in [6.07, 6.45) is 0. The van der Waals surface area contributed by atoms with Crippen LogP contribution >= 0.6 is 0 Å². The average Bonchev–Trinajstić information content (AvgIpc) is 2.63. The minimum atomic E-state index is -0.0921. The largest absolute Gasteiger partial charge is 0.508 e. The summed E-state index contributed by atoms with van der Waals surface area (Å²) in [6.45, 7) is 2.84. The van der Waals surface area contributed by atoms with Crippen LogP contribution < -0.4 is 15.0 Å². The number of piperazine rings is 1. The topological polar surface area (TPSA) is 65.0 Å². The fourth-order valence-corrected chi connectivity index (χ4v) is 2.71. The van der Waals surface area contributed by atoms with Crippen LogP contribution in [-0.2, 0) is 0 Å². The summed E-state index contributed by atoms with van der Waals surface area (Å²) in [4.78, 5) is 16.4. The molecule has 0 atom stereocenters. The Bertz CT molecular complexity index is 678. The quantitative estimate of drug-likeness (QED) is 0.910. The number of carbonyl (C=O) groups is 1. The zero-order valence-corrected chi connectivity index (χ0v) is 13.6. The van der Waals surface area contributed by atoms with Gasteiger partial charge in [0.05, 0.1) is 7.11 Å². The standard InChI is InChI=1S/C18H21N3O3/c1-24-17-8-2-14(3-9-17)19-18(23)21-12-10-20(11-13-21)15-4-6-16(22)7-5-15/h2-9,22H,10-13H2,1H3,(H,19,23). The lowest BCUT2D eigenvalue weighted by Gasteiger charge is -2.36. The molecule has 1 fully saturated rings. The second-order valence-electron chi connectivity index (χ2n) is 5.65. The fraction of sp³-hybridized carbons (Fsp3) is 0.278. The minimum absolute atomic E-state index is 0.0921. The monoisotopic (exact) mass is 327 g/mol. The molecule has 0 unspecified atom stereocenters. The lowest BCUT2D eigenvalue weighted by molar-refractivity contribution is 0.208. The van der Waals surface area contributed by atoms with Gasteiger partial charge in [0.2, 0.25) is 0 Å². The number of nitrogens with one attached hydrogen (secondary N) is 1. The smallest absolute Gasteiger partial charge is 0.321 e. The number of phenolic OH excluding ortho intramolecular Hbond substituents is 1. The first kappa shape index (κ1) is 16.0. The van der Waals surface area contributed by atoms with Crippen LogP contribution in [0.5, 0.6) is 11.5 Å². The molecule has 6 heteroatoms. The van der Waals surface area contributed by atoms with E-state index in [0.29, 0.717) is 13.1 Å². The van der Waals surface area contributed by atoms with E-state index >= 15 is 0 Å². The van der Waals surface area contributed by atoms with E-state index < -0.39 is 0 Å². The molecule has 1 aliphatic heterocycles. The molecule has 24 heavy (non-hydrogen) atoms. The maximum atomic E-state index is 12.3. The number of carbonyl (C=O) groups excluding carboxylic acids is 1. The Balaban J connectivity index is 1.53. The number of amides is 2. The minimum Gasteiger partial charge on any atom is -0.508 e. The highest BCUT2D eigenvalue weighted by Crippen LogP contribution is 2.20. The summed E-state index contributed by atoms with van der Waals surface area (Å²) >= 11 is 0. The lowest BCUT2D eigenvalue weighted by atomic mass is 10.2. The van der Waals surface area contributed by atoms with Crippen LogP contribution in [0.2, 0.25) is 0 Å². The highest BCUT2D eigenvalue weighted by Gasteiger charge is 2.21. The number of anilines is 2. The van der Waals surface area contributed by atoms with Gasteiger partial charge >= 0.3 is 6.03 Å². The molecule has 6 nitrogen and oxygen atoms in total. The zero-order valence-electron chi connectivity index (χ0n) is 13.6. The van der Waals surface area contributed by atoms with Gasteiger partial charge in [-0.05, 0) is 48.5 Å². The molecule has 2 aromatic rings. The van der Waals surface area contributed by atoms with Crippen molar-refractivity contribution in [1.82, 2.24) is 4.90 Å². The maximum Gasteiger partial charge on any atom is 0.321 e. The van der Waals surface area contributed by atoms with E-state index in [1.165, 1.54) is 0 Å². The molecule has 2 aromatic carbocycles. The second-order valence-corrected chi connectivity index (χ2v) is 5.65. The van der Waals surface area contributed by atoms with Crippen molar-refractivity contribution < 1.29 is 14.6 Å². The number of hydrogen-bond donors (Lipinski definition) is 2. The third-order valence-corrected chi connectivity index (χ3v) is 4.12. The second kappa shape index (κ2) is 7.12. The molecule has 1 saturated heterocycles. The van der Waals surface area contributed by atoms with Crippen molar-refractivity contribution in [2.24, 2.45) is 0 Å². The highest BCUT2D eigenvalue weighted by atomic mass is 16.5. The number of rotatable bonds is 3. The summed E-state index contributed by atoms with van der Waals surface area (Å²) in [7, 11) is 1.61. The van der Waals surface area contributed by atoms with E-state index in [2.05, 4.69) is 10.2 Å². The van der Waals surface area contributed by atoms with Crippen LogP contribution in [0.25, 0.3) is 0 Å². The van der Waals surface area contributed by atoms with Crippen molar-refractivity contribution in [3.8, 4) is 11.5 Å². The predicted octanol–water partition coefficient (Wildman–Crippen LogP) is 2.75. The molecule has 0 aliphatic carbocycles. The first-order chi connectivity index (χ1) is 11.7. The molecule has 0 bridgehead atoms. The number of methoxy groups -OCH3 is 1. The third-order valence-electron chi connectivity index (χ3n) is 4.12. The molecule has 1 aliphatic rings. The summed E-state index contributed by atoms with van der Waals surface area (Å²) in [5, 5.41) is 12.3. The van der Waals surface area contributed by atoms with Gasteiger partial charge in [-0.2, -0.15) is 0 Å². The Morgan fingerprint density at radius 2 is 1.62 bits per heavy atom. The Labute approximate surface area is 141 Å². The number of aromatic hydroxyl groups is 1. The van der Waals surface area contributed by atoms with Crippen molar-refractivity contribution in [2.45, 2.75) is 0 Å². The molecular weight excluding hydrogens is 306 g/mol. The molecule has 0 saturated carbocycles. The van der Waals surface area contributed by atoms with E-state index in [1.807, 2.05) is 36.4 Å². The van der Waals surface area contributed by atoms with Gasteiger partial charge < -0.3 is 25.0 Å². The van der Waals surface area contributed by atoms with Gasteiger partial charge in [-0.25, -0.2) is 4.79 Å². The van der Waals surface area contributed by atoms with Crippen LogP contribution in [0, 0.1) is 0 Å². The highest BCUT2D eigenvalue weighted by molar-refractivity contribution is 5.89. The molecule has 126 valence electrons. The van der Waals surface area contributed by atoms with E-state index in [-0.39, 0.29) is 11.8 Å². The molecule has 3 rings (SSSR count). The molecule has 2 amide bonds. The Hall–Kier alpha value is -2.89. The van der Waals surface area contributed by atoms with Gasteiger partial charge in [0.25, 0.3) is 0 Å². The third kappa shape index (κ3) is 3.71. The van der Waals surface area contributed by atoms with E-state index in [1.54, 1.807) is 24.1 Å². The van der Waals surface area contributed by atoms with Gasteiger partial charge in [0, 0.05) is 37.6 Å². The number of nitrogens with zero attached hydrogens (tertiary/aromatic N) is 2. The first-order valence-corrected chi connectivity index (χ1v) is 7.89. The number of hydrogen-bond acceptors (Lipinski definition) is 4. The van der Waals surface area contributed by atoms with Crippen molar-refractivity contribution >= 4 is 17.4 Å². The van der Waals surface area contributed by atoms with Crippen molar-refractivity contribution in [3.63, 3.8) is 0 Å². The number of urea groups is 1. The first-order valence-electron chi connectivity index (χ1n) is 7.89. The van der Waals surface area contributed by atoms with Gasteiger partial charge in [0.1, 0.15) is 11.5 Å². The maximum absolute atomic E-state index is 12.3. The molecule has 0 aromatic heterocycles. The van der Waals surface area contributed by atoms with E-state index in [4.69, 9.17) is 4.74 Å². The summed E-state index contributed by atoms with van der Waals surface area (Å²) in [5.41, 5.74) is 1.81. The Morgan fingerprint density at radius 1 is 1.00 bits per heavy atom. The van der Waals surface area contributed by atoms with Crippen molar-refractivity contribution in [1.29, 1.82) is 0 Å². The Morgan fingerprint density at radius 3 is 2.21 bits per heavy atom. The number of ether oxygens (including phenoxy) is 1. The molecule has 0 spiro atoms.